The molecule has 21 heavy (non-hydrogen) atoms. The first kappa shape index (κ1) is 13.6. The highest BCUT2D eigenvalue weighted by Crippen LogP contribution is 2.34. The number of fused-ring (bicyclic) bond motifs is 1. The van der Waals surface area contributed by atoms with Crippen LogP contribution in [0.3, 0.4) is 0 Å². The van der Waals surface area contributed by atoms with Crippen molar-refractivity contribution < 1.29 is 19.7 Å². The fraction of sp³-hybridized carbons (Fsp3) is 0.250. The molecular formula is C16H17NO4. The Hall–Kier alpha value is -2.40. The van der Waals surface area contributed by atoms with Crippen LogP contribution in [0.25, 0.3) is 0 Å². The molecule has 0 amide bonds. The second-order valence-electron chi connectivity index (χ2n) is 5.00. The maximum Gasteiger partial charge on any atom is 0.231 e. The van der Waals surface area contributed by atoms with Gasteiger partial charge in [-0.3, -0.25) is 0 Å². The maximum absolute atomic E-state index is 9.85. The molecule has 0 spiro atoms. The van der Waals surface area contributed by atoms with Crippen molar-refractivity contribution in [3.8, 4) is 23.0 Å². The van der Waals surface area contributed by atoms with Gasteiger partial charge in [0.25, 0.3) is 0 Å². The third-order valence-electron chi connectivity index (χ3n) is 3.54. The van der Waals surface area contributed by atoms with Gasteiger partial charge in [0.1, 0.15) is 11.5 Å². The molecule has 3 N–H and O–H groups in total. The zero-order valence-corrected chi connectivity index (χ0v) is 11.7. The highest BCUT2D eigenvalue weighted by Gasteiger charge is 2.16. The van der Waals surface area contributed by atoms with E-state index in [-0.39, 0.29) is 24.3 Å². The summed E-state index contributed by atoms with van der Waals surface area (Å²) >= 11 is 0. The zero-order valence-electron chi connectivity index (χ0n) is 11.7. The predicted octanol–water partition coefficient (Wildman–Crippen LogP) is 2.68. The lowest BCUT2D eigenvalue weighted by Crippen LogP contribution is -2.18. The maximum atomic E-state index is 9.85. The van der Waals surface area contributed by atoms with Crippen molar-refractivity contribution in [1.29, 1.82) is 0 Å². The summed E-state index contributed by atoms with van der Waals surface area (Å²) in [6.45, 7) is 2.74. The lowest BCUT2D eigenvalue weighted by atomic mass is 10.1. The number of ether oxygens (including phenoxy) is 2. The molecule has 2 aromatic carbocycles. The largest absolute Gasteiger partial charge is 0.507 e. The minimum Gasteiger partial charge on any atom is -0.507 e. The number of rotatable bonds is 4. The average molecular weight is 287 g/mol. The van der Waals surface area contributed by atoms with Crippen molar-refractivity contribution >= 4 is 0 Å². The van der Waals surface area contributed by atoms with Crippen LogP contribution in [0.5, 0.6) is 23.0 Å². The number of hydrogen-bond acceptors (Lipinski definition) is 5. The summed E-state index contributed by atoms with van der Waals surface area (Å²) in [7, 11) is 0. The molecule has 0 fully saturated rings. The molecule has 0 aromatic heterocycles. The van der Waals surface area contributed by atoms with Crippen molar-refractivity contribution in [3.63, 3.8) is 0 Å². The van der Waals surface area contributed by atoms with Crippen molar-refractivity contribution in [2.75, 3.05) is 6.79 Å². The monoisotopic (exact) mass is 287 g/mol. The van der Waals surface area contributed by atoms with E-state index < -0.39 is 0 Å². The third kappa shape index (κ3) is 2.73. The van der Waals surface area contributed by atoms with Crippen LogP contribution in [0, 0.1) is 0 Å². The van der Waals surface area contributed by atoms with Gasteiger partial charge in [0, 0.05) is 12.6 Å². The second-order valence-corrected chi connectivity index (χ2v) is 5.00. The Morgan fingerprint density at radius 2 is 1.81 bits per heavy atom. The summed E-state index contributed by atoms with van der Waals surface area (Å²) in [6, 6.07) is 10.3. The summed E-state index contributed by atoms with van der Waals surface area (Å²) < 4.78 is 10.6. The van der Waals surface area contributed by atoms with Crippen LogP contribution >= 0.6 is 0 Å². The molecule has 5 heteroatoms. The van der Waals surface area contributed by atoms with Gasteiger partial charge in [0.05, 0.1) is 5.56 Å². The minimum absolute atomic E-state index is 0.0840. The van der Waals surface area contributed by atoms with Crippen LogP contribution in [-0.2, 0) is 6.54 Å². The Bertz CT molecular complexity index is 636. The molecule has 1 unspecified atom stereocenters. The van der Waals surface area contributed by atoms with Crippen LogP contribution in [-0.4, -0.2) is 17.0 Å². The van der Waals surface area contributed by atoms with Gasteiger partial charge in [0.2, 0.25) is 6.79 Å². The van der Waals surface area contributed by atoms with E-state index in [2.05, 4.69) is 5.32 Å². The van der Waals surface area contributed by atoms with E-state index in [4.69, 9.17) is 9.47 Å². The van der Waals surface area contributed by atoms with Gasteiger partial charge in [-0.2, -0.15) is 0 Å². The van der Waals surface area contributed by atoms with Crippen molar-refractivity contribution in [1.82, 2.24) is 5.32 Å². The Balaban J connectivity index is 1.70. The number of phenolic OH excluding ortho intramolecular Hbond substituents is 2. The first-order chi connectivity index (χ1) is 10.1. The van der Waals surface area contributed by atoms with Gasteiger partial charge in [-0.15, -0.1) is 0 Å². The fourth-order valence-corrected chi connectivity index (χ4v) is 2.41. The normalized spacial score (nSPS) is 14.1. The fourth-order valence-electron chi connectivity index (χ4n) is 2.41. The molecule has 0 radical (unpaired) electrons. The zero-order chi connectivity index (χ0) is 14.8. The van der Waals surface area contributed by atoms with Gasteiger partial charge in [-0.05, 0) is 36.8 Å². The summed E-state index contributed by atoms with van der Waals surface area (Å²) in [5, 5.41) is 23.0. The van der Waals surface area contributed by atoms with E-state index in [0.717, 1.165) is 17.1 Å². The third-order valence-corrected chi connectivity index (χ3v) is 3.54. The van der Waals surface area contributed by atoms with E-state index >= 15 is 0 Å². The van der Waals surface area contributed by atoms with Gasteiger partial charge in [-0.25, -0.2) is 0 Å². The molecule has 3 rings (SSSR count). The van der Waals surface area contributed by atoms with Crippen molar-refractivity contribution in [3.05, 3.63) is 47.5 Å². The van der Waals surface area contributed by atoms with Crippen LogP contribution < -0.4 is 14.8 Å². The van der Waals surface area contributed by atoms with Gasteiger partial charge in [0.15, 0.2) is 11.5 Å². The summed E-state index contributed by atoms with van der Waals surface area (Å²) in [5.74, 6) is 1.67. The Labute approximate surface area is 122 Å². The molecule has 110 valence electrons. The standard InChI is InChI=1S/C16H17NO4/c1-10(16-12(18)3-2-4-13(16)19)17-8-11-5-6-14-15(7-11)21-9-20-14/h2-7,10,17-19H,8-9H2,1H3. The lowest BCUT2D eigenvalue weighted by Gasteiger charge is -2.17. The van der Waals surface area contributed by atoms with E-state index in [1.807, 2.05) is 25.1 Å². The first-order valence-corrected chi connectivity index (χ1v) is 6.78. The number of nitrogens with one attached hydrogen (secondary N) is 1. The highest BCUT2D eigenvalue weighted by molar-refractivity contribution is 5.46. The van der Waals surface area contributed by atoms with E-state index in [9.17, 15) is 10.2 Å². The highest BCUT2D eigenvalue weighted by atomic mass is 16.7. The van der Waals surface area contributed by atoms with Crippen LogP contribution in [0.2, 0.25) is 0 Å². The molecule has 1 heterocycles. The lowest BCUT2D eigenvalue weighted by molar-refractivity contribution is 0.174. The van der Waals surface area contributed by atoms with Gasteiger partial charge >= 0.3 is 0 Å². The number of hydrogen-bond donors (Lipinski definition) is 3. The molecule has 5 nitrogen and oxygen atoms in total. The smallest absolute Gasteiger partial charge is 0.231 e. The predicted molar refractivity (Wildman–Crippen MR) is 77.6 cm³/mol. The second kappa shape index (κ2) is 5.54. The Morgan fingerprint density at radius 1 is 1.10 bits per heavy atom. The first-order valence-electron chi connectivity index (χ1n) is 6.78. The van der Waals surface area contributed by atoms with Crippen LogP contribution in [0.1, 0.15) is 24.1 Å². The van der Waals surface area contributed by atoms with Gasteiger partial charge < -0.3 is 25.0 Å². The molecule has 0 saturated heterocycles. The minimum atomic E-state index is -0.184. The number of aromatic hydroxyl groups is 2. The quantitative estimate of drug-likeness (QED) is 0.806. The number of phenols is 2. The van der Waals surface area contributed by atoms with Gasteiger partial charge in [-0.1, -0.05) is 12.1 Å². The number of benzene rings is 2. The molecule has 2 aromatic rings. The van der Waals surface area contributed by atoms with E-state index in [1.165, 1.54) is 0 Å². The van der Waals surface area contributed by atoms with Crippen LogP contribution in [0.15, 0.2) is 36.4 Å². The topological polar surface area (TPSA) is 71.0 Å². The van der Waals surface area contributed by atoms with E-state index in [0.29, 0.717) is 12.1 Å². The molecule has 0 aliphatic carbocycles. The molecule has 0 saturated carbocycles. The molecule has 1 aliphatic heterocycles. The Kier molecular flexibility index (Phi) is 3.58. The molecule has 1 aliphatic rings. The van der Waals surface area contributed by atoms with E-state index in [1.54, 1.807) is 18.2 Å². The molecular weight excluding hydrogens is 270 g/mol. The summed E-state index contributed by atoms with van der Waals surface area (Å²) in [5.41, 5.74) is 1.54. The van der Waals surface area contributed by atoms with Crippen molar-refractivity contribution in [2.45, 2.75) is 19.5 Å². The molecule has 1 atom stereocenters. The summed E-state index contributed by atoms with van der Waals surface area (Å²) in [4.78, 5) is 0. The Morgan fingerprint density at radius 3 is 2.57 bits per heavy atom. The summed E-state index contributed by atoms with van der Waals surface area (Å²) in [6.07, 6.45) is 0. The van der Waals surface area contributed by atoms with Crippen LogP contribution in [0.4, 0.5) is 0 Å². The van der Waals surface area contributed by atoms with Crippen molar-refractivity contribution in [2.24, 2.45) is 0 Å². The average Bonchev–Trinajstić information content (AvgIpc) is 2.92. The molecule has 0 bridgehead atoms. The SMILES string of the molecule is CC(NCc1ccc2c(c1)OCO2)c1c(O)cccc1O.